The number of carbonyl (C=O) groups excluding carboxylic acids is 1. The summed E-state index contributed by atoms with van der Waals surface area (Å²) in [4.78, 5) is 31.0. The van der Waals surface area contributed by atoms with Crippen LogP contribution < -0.4 is 10.9 Å². The number of aromatic nitrogens is 2. The molecule has 0 unspecified atom stereocenters. The molecule has 1 aromatic heterocycles. The molecule has 0 radical (unpaired) electrons. The molecule has 2 N–H and O–H groups in total. The molecule has 0 fully saturated rings. The molecule has 0 saturated carbocycles. The number of nitrogens with one attached hydrogen (secondary N) is 2. The molecule has 1 amide bonds. The molecular weight excluding hydrogens is 329 g/mol. The van der Waals surface area contributed by atoms with Crippen molar-refractivity contribution in [3.05, 3.63) is 64.2 Å². The number of H-pyrrole nitrogens is 1. The van der Waals surface area contributed by atoms with Crippen LogP contribution in [0.5, 0.6) is 0 Å². The van der Waals surface area contributed by atoms with Gasteiger partial charge < -0.3 is 10.3 Å². The van der Waals surface area contributed by atoms with Crippen LogP contribution in [-0.4, -0.2) is 21.6 Å². The molecule has 2 aromatic carbocycles. The predicted octanol–water partition coefficient (Wildman–Crippen LogP) is 3.10. The van der Waals surface area contributed by atoms with Crippen molar-refractivity contribution < 1.29 is 9.18 Å². The Bertz CT molecular complexity index is 971. The molecule has 0 aliphatic rings. The van der Waals surface area contributed by atoms with E-state index in [1.807, 2.05) is 0 Å². The van der Waals surface area contributed by atoms with Gasteiger partial charge in [-0.2, -0.15) is 0 Å². The molecule has 0 atom stereocenters. The molecule has 7 heteroatoms. The van der Waals surface area contributed by atoms with Crippen LogP contribution in [0.25, 0.3) is 10.9 Å². The minimum Gasteiger partial charge on any atom is -0.325 e. The highest BCUT2D eigenvalue weighted by Crippen LogP contribution is 2.18. The summed E-state index contributed by atoms with van der Waals surface area (Å²) in [6, 6.07) is 11.2. The van der Waals surface area contributed by atoms with Crippen molar-refractivity contribution in [3.63, 3.8) is 0 Å². The number of benzene rings is 2. The number of para-hydroxylation sites is 1. The fraction of sp³-hybridized carbons (Fsp3) is 0.118. The van der Waals surface area contributed by atoms with E-state index in [9.17, 15) is 14.0 Å². The summed E-state index contributed by atoms with van der Waals surface area (Å²) >= 11 is 1.13. The molecule has 3 rings (SSSR count). The molecule has 0 aliphatic heterocycles. The highest BCUT2D eigenvalue weighted by atomic mass is 32.2. The van der Waals surface area contributed by atoms with Gasteiger partial charge in [0.2, 0.25) is 5.91 Å². The van der Waals surface area contributed by atoms with E-state index in [2.05, 4.69) is 15.3 Å². The lowest BCUT2D eigenvalue weighted by atomic mass is 10.2. The van der Waals surface area contributed by atoms with Gasteiger partial charge in [0.25, 0.3) is 5.56 Å². The Morgan fingerprint density at radius 2 is 2.08 bits per heavy atom. The summed E-state index contributed by atoms with van der Waals surface area (Å²) in [5, 5.41) is 3.60. The van der Waals surface area contributed by atoms with Crippen LogP contribution in [0, 0.1) is 12.7 Å². The Morgan fingerprint density at radius 3 is 2.88 bits per heavy atom. The molecule has 24 heavy (non-hydrogen) atoms. The van der Waals surface area contributed by atoms with E-state index in [-0.39, 0.29) is 23.0 Å². The average molecular weight is 343 g/mol. The van der Waals surface area contributed by atoms with E-state index in [0.717, 1.165) is 11.8 Å². The van der Waals surface area contributed by atoms with E-state index in [4.69, 9.17) is 0 Å². The summed E-state index contributed by atoms with van der Waals surface area (Å²) in [6.07, 6.45) is 0. The van der Waals surface area contributed by atoms with E-state index >= 15 is 0 Å². The normalized spacial score (nSPS) is 10.8. The van der Waals surface area contributed by atoms with E-state index in [1.54, 1.807) is 31.2 Å². The van der Waals surface area contributed by atoms with Gasteiger partial charge in [-0.1, -0.05) is 23.9 Å². The van der Waals surface area contributed by atoms with E-state index in [0.29, 0.717) is 27.3 Å². The highest BCUT2D eigenvalue weighted by molar-refractivity contribution is 7.99. The third-order valence-corrected chi connectivity index (χ3v) is 4.27. The van der Waals surface area contributed by atoms with Gasteiger partial charge in [-0.15, -0.1) is 0 Å². The number of nitrogens with zero attached hydrogens (tertiary/aromatic N) is 1. The van der Waals surface area contributed by atoms with E-state index in [1.165, 1.54) is 18.2 Å². The maximum absolute atomic E-state index is 13.1. The minimum absolute atomic E-state index is 0.0814. The Hall–Kier alpha value is -2.67. The number of aromatic amines is 1. The number of amides is 1. The number of hydrogen-bond donors (Lipinski definition) is 2. The standard InChI is InChI=1S/C17H14FN3O2S/c1-10-8-11(18)6-7-13(10)19-15(22)9-24-17-20-14-5-3-2-4-12(14)16(23)21-17/h2-8H,9H2,1H3,(H,19,22)(H,20,21,23). The lowest BCUT2D eigenvalue weighted by molar-refractivity contribution is -0.113. The Morgan fingerprint density at radius 1 is 1.29 bits per heavy atom. The van der Waals surface area contributed by atoms with E-state index < -0.39 is 0 Å². The van der Waals surface area contributed by atoms with Crippen LogP contribution in [0.4, 0.5) is 10.1 Å². The zero-order valence-electron chi connectivity index (χ0n) is 12.8. The van der Waals surface area contributed by atoms with Crippen molar-refractivity contribution in [1.29, 1.82) is 0 Å². The first-order valence-electron chi connectivity index (χ1n) is 7.21. The van der Waals surface area contributed by atoms with Gasteiger partial charge in [-0.05, 0) is 42.8 Å². The fourth-order valence-electron chi connectivity index (χ4n) is 2.22. The third-order valence-electron chi connectivity index (χ3n) is 3.39. The van der Waals surface area contributed by atoms with Crippen LogP contribution in [0.1, 0.15) is 5.56 Å². The highest BCUT2D eigenvalue weighted by Gasteiger charge is 2.09. The molecule has 0 aliphatic carbocycles. The first-order chi connectivity index (χ1) is 11.5. The lowest BCUT2D eigenvalue weighted by Gasteiger charge is -2.08. The molecule has 1 heterocycles. The second-order valence-electron chi connectivity index (χ2n) is 5.18. The van der Waals surface area contributed by atoms with Crippen LogP contribution in [0.2, 0.25) is 0 Å². The number of hydrogen-bond acceptors (Lipinski definition) is 4. The van der Waals surface area contributed by atoms with Gasteiger partial charge in [0.1, 0.15) is 5.82 Å². The Balaban J connectivity index is 1.69. The van der Waals surface area contributed by atoms with Gasteiger partial charge in [0.05, 0.1) is 16.7 Å². The molecule has 0 saturated heterocycles. The average Bonchev–Trinajstić information content (AvgIpc) is 2.56. The third kappa shape index (κ3) is 3.62. The SMILES string of the molecule is Cc1cc(F)ccc1NC(=O)CSc1nc2ccccc2c(=O)[nH]1. The number of fused-ring (bicyclic) bond motifs is 1. The van der Waals surface area contributed by atoms with Crippen molar-refractivity contribution in [1.82, 2.24) is 9.97 Å². The maximum atomic E-state index is 13.1. The molecule has 0 bridgehead atoms. The molecule has 0 spiro atoms. The fourth-order valence-corrected chi connectivity index (χ4v) is 2.89. The van der Waals surface area contributed by atoms with Crippen molar-refractivity contribution in [3.8, 4) is 0 Å². The molecular formula is C17H14FN3O2S. The van der Waals surface area contributed by atoms with Crippen LogP contribution in [-0.2, 0) is 4.79 Å². The van der Waals surface area contributed by atoms with Gasteiger partial charge >= 0.3 is 0 Å². The van der Waals surface area contributed by atoms with Crippen LogP contribution in [0.15, 0.2) is 52.4 Å². The first kappa shape index (κ1) is 16.2. The quantitative estimate of drug-likeness (QED) is 0.564. The summed E-state index contributed by atoms with van der Waals surface area (Å²) in [6.45, 7) is 1.72. The van der Waals surface area contributed by atoms with Crippen molar-refractivity contribution in [2.75, 3.05) is 11.1 Å². The molecule has 5 nitrogen and oxygen atoms in total. The van der Waals surface area contributed by atoms with Gasteiger partial charge in [-0.3, -0.25) is 9.59 Å². The largest absolute Gasteiger partial charge is 0.325 e. The zero-order valence-corrected chi connectivity index (χ0v) is 13.6. The number of aryl methyl sites for hydroxylation is 1. The van der Waals surface area contributed by atoms with Crippen LogP contribution >= 0.6 is 11.8 Å². The number of anilines is 1. The minimum atomic E-state index is -0.349. The van der Waals surface area contributed by atoms with Gasteiger partial charge in [0.15, 0.2) is 5.16 Å². The van der Waals surface area contributed by atoms with Gasteiger partial charge in [0, 0.05) is 5.69 Å². The smallest absolute Gasteiger partial charge is 0.259 e. The maximum Gasteiger partial charge on any atom is 0.259 e. The van der Waals surface area contributed by atoms with Crippen LogP contribution in [0.3, 0.4) is 0 Å². The van der Waals surface area contributed by atoms with Gasteiger partial charge in [-0.25, -0.2) is 9.37 Å². The summed E-state index contributed by atoms with van der Waals surface area (Å²) in [5.74, 6) is -0.527. The number of halogens is 1. The number of thioether (sulfide) groups is 1. The monoisotopic (exact) mass is 343 g/mol. The summed E-state index contributed by atoms with van der Waals surface area (Å²) in [7, 11) is 0. The second-order valence-corrected chi connectivity index (χ2v) is 6.15. The topological polar surface area (TPSA) is 74.8 Å². The van der Waals surface area contributed by atoms with Crippen molar-refractivity contribution in [2.45, 2.75) is 12.1 Å². The number of rotatable bonds is 4. The Kier molecular flexibility index (Phi) is 4.61. The lowest BCUT2D eigenvalue weighted by Crippen LogP contribution is -2.16. The molecule has 122 valence electrons. The molecule has 3 aromatic rings. The van der Waals surface area contributed by atoms with Crippen molar-refractivity contribution >= 4 is 34.3 Å². The summed E-state index contributed by atoms with van der Waals surface area (Å²) in [5.41, 5.74) is 1.55. The summed E-state index contributed by atoms with van der Waals surface area (Å²) < 4.78 is 13.1. The zero-order chi connectivity index (χ0) is 17.1. The van der Waals surface area contributed by atoms with Crippen molar-refractivity contribution in [2.24, 2.45) is 0 Å². The number of carbonyl (C=O) groups is 1. The first-order valence-corrected chi connectivity index (χ1v) is 8.19. The second kappa shape index (κ2) is 6.84. The Labute approximate surface area is 141 Å². The predicted molar refractivity (Wildman–Crippen MR) is 92.9 cm³/mol.